The highest BCUT2D eigenvalue weighted by atomic mass is 127. The number of nitrogens with one attached hydrogen (secondary N) is 2. The first kappa shape index (κ1) is 26.2. The maximum Gasteiger partial charge on any atom is 0.191 e. The molecule has 0 bridgehead atoms. The molecule has 0 aromatic carbocycles. The highest BCUT2D eigenvalue weighted by Gasteiger charge is 2.04. The fourth-order valence-corrected chi connectivity index (χ4v) is 2.25. The smallest absolute Gasteiger partial charge is 0.191 e. The number of methoxy groups -OCH3 is 1. The monoisotopic (exact) mass is 457 g/mol. The van der Waals surface area contributed by atoms with Crippen LogP contribution >= 0.6 is 24.0 Å². The van der Waals surface area contributed by atoms with Gasteiger partial charge in [-0.1, -0.05) is 32.6 Å². The Bertz CT molecular complexity index is 279. The number of hydrogen-bond acceptors (Lipinski definition) is 3. The summed E-state index contributed by atoms with van der Waals surface area (Å²) in [6, 6.07) is 0.474. The van der Waals surface area contributed by atoms with Crippen molar-refractivity contribution in [3.8, 4) is 0 Å². The lowest BCUT2D eigenvalue weighted by Crippen LogP contribution is -2.42. The van der Waals surface area contributed by atoms with Gasteiger partial charge in [-0.15, -0.1) is 24.0 Å². The van der Waals surface area contributed by atoms with Gasteiger partial charge in [0.15, 0.2) is 5.96 Å². The molecule has 6 heteroatoms. The predicted octanol–water partition coefficient (Wildman–Crippen LogP) is 3.96. The maximum atomic E-state index is 5.45. The van der Waals surface area contributed by atoms with Crippen molar-refractivity contribution in [2.75, 3.05) is 40.0 Å². The van der Waals surface area contributed by atoms with Crippen molar-refractivity contribution in [1.29, 1.82) is 0 Å². The van der Waals surface area contributed by atoms with Gasteiger partial charge in [0.05, 0.1) is 13.2 Å². The summed E-state index contributed by atoms with van der Waals surface area (Å²) in [6.07, 6.45) is 8.55. The van der Waals surface area contributed by atoms with E-state index in [2.05, 4.69) is 36.4 Å². The van der Waals surface area contributed by atoms with E-state index in [1.807, 2.05) is 0 Å². The van der Waals surface area contributed by atoms with Crippen molar-refractivity contribution < 1.29 is 9.47 Å². The largest absolute Gasteiger partial charge is 0.382 e. The van der Waals surface area contributed by atoms with E-state index in [0.717, 1.165) is 38.5 Å². The van der Waals surface area contributed by atoms with E-state index in [9.17, 15) is 0 Å². The van der Waals surface area contributed by atoms with Crippen LogP contribution in [0.4, 0.5) is 0 Å². The van der Waals surface area contributed by atoms with Crippen LogP contribution in [0.5, 0.6) is 0 Å². The van der Waals surface area contributed by atoms with E-state index in [1.54, 1.807) is 7.11 Å². The third-order valence-electron chi connectivity index (χ3n) is 3.62. The van der Waals surface area contributed by atoms with Gasteiger partial charge in [-0.3, -0.25) is 4.99 Å². The molecule has 146 valence electrons. The van der Waals surface area contributed by atoms with Gasteiger partial charge in [0.1, 0.15) is 0 Å². The standard InChI is InChI=1S/C18H39N3O2.HI/c1-5-7-8-9-12-17(3)21-18(19-6-2)20-13-10-11-14-23-16-15-22-4;/h17H,5-16H2,1-4H3,(H2,19,20,21);1H. The van der Waals surface area contributed by atoms with Crippen molar-refractivity contribution >= 4 is 29.9 Å². The molecular weight excluding hydrogens is 417 g/mol. The number of unbranched alkanes of at least 4 members (excludes halogenated alkanes) is 4. The van der Waals surface area contributed by atoms with Gasteiger partial charge in [0.25, 0.3) is 0 Å². The first-order valence-electron chi connectivity index (χ1n) is 9.36. The highest BCUT2D eigenvalue weighted by molar-refractivity contribution is 14.0. The molecule has 0 aliphatic rings. The van der Waals surface area contributed by atoms with Crippen LogP contribution in [0.15, 0.2) is 4.99 Å². The van der Waals surface area contributed by atoms with Gasteiger partial charge < -0.3 is 20.1 Å². The first-order valence-corrected chi connectivity index (χ1v) is 9.36. The number of ether oxygens (including phenoxy) is 2. The Morgan fingerprint density at radius 2 is 1.79 bits per heavy atom. The van der Waals surface area contributed by atoms with Crippen LogP contribution in [-0.4, -0.2) is 52.0 Å². The van der Waals surface area contributed by atoms with Crippen LogP contribution in [0.2, 0.25) is 0 Å². The maximum absolute atomic E-state index is 5.45. The van der Waals surface area contributed by atoms with Crippen molar-refractivity contribution in [3.63, 3.8) is 0 Å². The van der Waals surface area contributed by atoms with E-state index >= 15 is 0 Å². The lowest BCUT2D eigenvalue weighted by Gasteiger charge is -2.17. The minimum Gasteiger partial charge on any atom is -0.382 e. The number of halogens is 1. The zero-order chi connectivity index (χ0) is 17.2. The molecule has 24 heavy (non-hydrogen) atoms. The van der Waals surface area contributed by atoms with E-state index in [1.165, 1.54) is 32.1 Å². The lowest BCUT2D eigenvalue weighted by molar-refractivity contribution is 0.0690. The van der Waals surface area contributed by atoms with Crippen LogP contribution in [0.25, 0.3) is 0 Å². The van der Waals surface area contributed by atoms with Gasteiger partial charge in [-0.25, -0.2) is 0 Å². The van der Waals surface area contributed by atoms with E-state index in [-0.39, 0.29) is 24.0 Å². The molecule has 0 amide bonds. The molecule has 0 spiro atoms. The zero-order valence-corrected chi connectivity index (χ0v) is 18.6. The summed E-state index contributed by atoms with van der Waals surface area (Å²) < 4.78 is 10.4. The summed E-state index contributed by atoms with van der Waals surface area (Å²) in [5.74, 6) is 0.941. The minimum atomic E-state index is 0. The average molecular weight is 457 g/mol. The molecule has 0 radical (unpaired) electrons. The van der Waals surface area contributed by atoms with Crippen LogP contribution < -0.4 is 10.6 Å². The molecule has 0 saturated carbocycles. The Hall–Kier alpha value is -0.0800. The molecule has 0 saturated heterocycles. The molecule has 0 aliphatic heterocycles. The number of aliphatic imine (C=N–C) groups is 1. The van der Waals surface area contributed by atoms with Gasteiger partial charge in [-0.2, -0.15) is 0 Å². The first-order chi connectivity index (χ1) is 11.2. The van der Waals surface area contributed by atoms with Gasteiger partial charge in [0, 0.05) is 32.8 Å². The molecule has 5 nitrogen and oxygen atoms in total. The molecule has 2 N–H and O–H groups in total. The van der Waals surface area contributed by atoms with Crippen molar-refractivity contribution in [3.05, 3.63) is 0 Å². The summed E-state index contributed by atoms with van der Waals surface area (Å²) in [7, 11) is 1.69. The topological polar surface area (TPSA) is 54.9 Å². The van der Waals surface area contributed by atoms with E-state index < -0.39 is 0 Å². The molecule has 0 fully saturated rings. The third-order valence-corrected chi connectivity index (χ3v) is 3.62. The van der Waals surface area contributed by atoms with Gasteiger partial charge in [0.2, 0.25) is 0 Å². The molecule has 0 heterocycles. The van der Waals surface area contributed by atoms with E-state index in [0.29, 0.717) is 19.3 Å². The van der Waals surface area contributed by atoms with Crippen molar-refractivity contribution in [2.45, 2.75) is 71.8 Å². The third kappa shape index (κ3) is 18.3. The van der Waals surface area contributed by atoms with Crippen LogP contribution in [-0.2, 0) is 9.47 Å². The number of rotatable bonds is 15. The Morgan fingerprint density at radius 3 is 2.46 bits per heavy atom. The molecule has 1 atom stereocenters. The van der Waals surface area contributed by atoms with Crippen molar-refractivity contribution in [2.24, 2.45) is 4.99 Å². The number of guanidine groups is 1. The van der Waals surface area contributed by atoms with Crippen LogP contribution in [0.1, 0.15) is 65.7 Å². The average Bonchev–Trinajstić information content (AvgIpc) is 2.54. The fourth-order valence-electron chi connectivity index (χ4n) is 2.25. The Balaban J connectivity index is 0. The fraction of sp³-hybridized carbons (Fsp3) is 0.944. The minimum absolute atomic E-state index is 0. The predicted molar refractivity (Wildman–Crippen MR) is 115 cm³/mol. The molecule has 0 aliphatic carbocycles. The Labute approximate surface area is 166 Å². The summed E-state index contributed by atoms with van der Waals surface area (Å²) in [4.78, 5) is 4.65. The quantitative estimate of drug-likeness (QED) is 0.169. The summed E-state index contributed by atoms with van der Waals surface area (Å²) in [5.41, 5.74) is 0. The van der Waals surface area contributed by atoms with E-state index in [4.69, 9.17) is 9.47 Å². The van der Waals surface area contributed by atoms with Gasteiger partial charge in [-0.05, 0) is 33.1 Å². The second-order valence-electron chi connectivity index (χ2n) is 5.97. The zero-order valence-electron chi connectivity index (χ0n) is 16.2. The highest BCUT2D eigenvalue weighted by Crippen LogP contribution is 2.05. The summed E-state index contributed by atoms with van der Waals surface area (Å²) in [6.45, 7) is 10.5. The normalized spacial score (nSPS) is 12.6. The molecule has 0 rings (SSSR count). The van der Waals surface area contributed by atoms with Crippen LogP contribution in [0.3, 0.4) is 0 Å². The summed E-state index contributed by atoms with van der Waals surface area (Å²) >= 11 is 0. The Kier molecular flexibility index (Phi) is 22.8. The molecule has 0 aromatic heterocycles. The van der Waals surface area contributed by atoms with Crippen LogP contribution in [0, 0.1) is 0 Å². The lowest BCUT2D eigenvalue weighted by atomic mass is 10.1. The SMILES string of the molecule is CCCCCCC(C)NC(=NCCCCOCCOC)NCC.I. The molecule has 0 aromatic rings. The number of nitrogens with zero attached hydrogens (tertiary/aromatic N) is 1. The second-order valence-corrected chi connectivity index (χ2v) is 5.97. The molecule has 1 unspecified atom stereocenters. The Morgan fingerprint density at radius 1 is 1.00 bits per heavy atom. The number of hydrogen-bond donors (Lipinski definition) is 2. The summed E-state index contributed by atoms with van der Waals surface area (Å²) in [5, 5.41) is 6.83. The van der Waals surface area contributed by atoms with Crippen molar-refractivity contribution in [1.82, 2.24) is 10.6 Å². The second kappa shape index (κ2) is 21.0. The van der Waals surface area contributed by atoms with Gasteiger partial charge >= 0.3 is 0 Å². The molecular formula is C18H40IN3O2.